The van der Waals surface area contributed by atoms with Gasteiger partial charge in [-0.1, -0.05) is 19.4 Å². The number of carbonyl (C=O) groups excluding carboxylic acids is 1. The summed E-state index contributed by atoms with van der Waals surface area (Å²) >= 11 is 0. The molecule has 3 N–H and O–H groups in total. The van der Waals surface area contributed by atoms with Crippen LogP contribution in [0.2, 0.25) is 0 Å². The molecule has 5 heteroatoms. The number of anilines is 2. The van der Waals surface area contributed by atoms with Gasteiger partial charge in [0.15, 0.2) is 0 Å². The van der Waals surface area contributed by atoms with E-state index in [1.54, 1.807) is 12.1 Å². The van der Waals surface area contributed by atoms with E-state index < -0.39 is 10.8 Å². The first kappa shape index (κ1) is 14.7. The highest BCUT2D eigenvalue weighted by molar-refractivity contribution is 7.85. The summed E-state index contributed by atoms with van der Waals surface area (Å²) < 4.78 is 11.6. The molecule has 1 aromatic rings. The largest absolute Gasteiger partial charge is 0.397 e. The Balaban J connectivity index is 2.51. The van der Waals surface area contributed by atoms with Gasteiger partial charge in [0.25, 0.3) is 0 Å². The Morgan fingerprint density at radius 2 is 2.17 bits per heavy atom. The topological polar surface area (TPSA) is 72.2 Å². The van der Waals surface area contributed by atoms with Crippen molar-refractivity contribution in [2.75, 3.05) is 22.6 Å². The van der Waals surface area contributed by atoms with E-state index in [4.69, 9.17) is 5.73 Å². The van der Waals surface area contributed by atoms with Crippen LogP contribution in [0.1, 0.15) is 25.3 Å². The number of hydrogen-bond donors (Lipinski definition) is 2. The lowest BCUT2D eigenvalue weighted by Crippen LogP contribution is -2.21. The average molecular weight is 268 g/mol. The van der Waals surface area contributed by atoms with Crippen LogP contribution < -0.4 is 11.1 Å². The van der Waals surface area contributed by atoms with Gasteiger partial charge in [-0.05, 0) is 31.0 Å². The predicted octanol–water partition coefficient (Wildman–Crippen LogP) is 2.06. The predicted molar refractivity (Wildman–Crippen MR) is 77.0 cm³/mol. The van der Waals surface area contributed by atoms with Crippen LogP contribution in [0.25, 0.3) is 0 Å². The van der Waals surface area contributed by atoms with Crippen LogP contribution in [0.4, 0.5) is 11.4 Å². The molecule has 1 atom stereocenters. The van der Waals surface area contributed by atoms with Gasteiger partial charge in [0.1, 0.15) is 5.75 Å². The van der Waals surface area contributed by atoms with E-state index in [1.165, 1.54) is 0 Å². The lowest BCUT2D eigenvalue weighted by molar-refractivity contribution is -0.113. The molecular weight excluding hydrogens is 248 g/mol. The maximum Gasteiger partial charge on any atom is 0.237 e. The smallest absolute Gasteiger partial charge is 0.237 e. The van der Waals surface area contributed by atoms with Gasteiger partial charge in [-0.15, -0.1) is 0 Å². The molecule has 0 aromatic heterocycles. The van der Waals surface area contributed by atoms with Crippen LogP contribution in [-0.2, 0) is 15.6 Å². The SMILES string of the molecule is CCCCS(=O)CC(=O)Nc1ccc(C)cc1N. The number of unbranched alkanes of at least 4 members (excludes halogenated alkanes) is 1. The quantitative estimate of drug-likeness (QED) is 0.776. The highest BCUT2D eigenvalue weighted by Gasteiger charge is 2.09. The average Bonchev–Trinajstić information content (AvgIpc) is 2.30. The van der Waals surface area contributed by atoms with Crippen molar-refractivity contribution in [3.63, 3.8) is 0 Å². The maximum absolute atomic E-state index is 11.7. The van der Waals surface area contributed by atoms with E-state index in [2.05, 4.69) is 5.32 Å². The lowest BCUT2D eigenvalue weighted by Gasteiger charge is -2.08. The Morgan fingerprint density at radius 3 is 2.78 bits per heavy atom. The van der Waals surface area contributed by atoms with Crippen LogP contribution in [0.15, 0.2) is 18.2 Å². The summed E-state index contributed by atoms with van der Waals surface area (Å²) in [5.74, 6) is 0.362. The van der Waals surface area contributed by atoms with Crippen molar-refractivity contribution in [2.24, 2.45) is 0 Å². The lowest BCUT2D eigenvalue weighted by atomic mass is 10.2. The van der Waals surface area contributed by atoms with Crippen molar-refractivity contribution < 1.29 is 9.00 Å². The number of aryl methyl sites for hydroxylation is 1. The molecule has 0 spiro atoms. The molecule has 0 fully saturated rings. The summed E-state index contributed by atoms with van der Waals surface area (Å²) in [6, 6.07) is 5.43. The molecule has 0 aliphatic heterocycles. The number of nitrogen functional groups attached to an aromatic ring is 1. The summed E-state index contributed by atoms with van der Waals surface area (Å²) in [4.78, 5) is 11.7. The van der Waals surface area contributed by atoms with Gasteiger partial charge in [-0.25, -0.2) is 0 Å². The van der Waals surface area contributed by atoms with E-state index >= 15 is 0 Å². The highest BCUT2D eigenvalue weighted by Crippen LogP contribution is 2.19. The van der Waals surface area contributed by atoms with Gasteiger partial charge in [-0.2, -0.15) is 0 Å². The van der Waals surface area contributed by atoms with Crippen LogP contribution in [0, 0.1) is 6.92 Å². The summed E-state index contributed by atoms with van der Waals surface area (Å²) in [7, 11) is -1.09. The molecule has 1 amide bonds. The van der Waals surface area contributed by atoms with Crippen molar-refractivity contribution in [1.82, 2.24) is 0 Å². The summed E-state index contributed by atoms with van der Waals surface area (Å²) in [5, 5.41) is 2.69. The van der Waals surface area contributed by atoms with Crippen LogP contribution in [-0.4, -0.2) is 21.6 Å². The van der Waals surface area contributed by atoms with E-state index in [0.717, 1.165) is 18.4 Å². The Hall–Kier alpha value is -1.36. The standard InChI is InChI=1S/C13H20N2O2S/c1-3-4-7-18(17)9-13(16)15-12-6-5-10(2)8-11(12)14/h5-6,8H,3-4,7,9,14H2,1-2H3,(H,15,16). The maximum atomic E-state index is 11.7. The number of nitrogens with one attached hydrogen (secondary N) is 1. The molecule has 0 saturated heterocycles. The van der Waals surface area contributed by atoms with Crippen molar-refractivity contribution in [3.05, 3.63) is 23.8 Å². The number of rotatable bonds is 6. The molecule has 0 heterocycles. The van der Waals surface area contributed by atoms with Crippen molar-refractivity contribution in [3.8, 4) is 0 Å². The first-order valence-electron chi connectivity index (χ1n) is 6.04. The Morgan fingerprint density at radius 1 is 1.44 bits per heavy atom. The van der Waals surface area contributed by atoms with Gasteiger partial charge in [0.05, 0.1) is 11.4 Å². The summed E-state index contributed by atoms with van der Waals surface area (Å²) in [6.07, 6.45) is 1.87. The zero-order chi connectivity index (χ0) is 13.5. The fourth-order valence-corrected chi connectivity index (χ4v) is 2.63. The van der Waals surface area contributed by atoms with Gasteiger partial charge in [-0.3, -0.25) is 9.00 Å². The van der Waals surface area contributed by atoms with Gasteiger partial charge in [0.2, 0.25) is 5.91 Å². The van der Waals surface area contributed by atoms with Gasteiger partial charge in [0, 0.05) is 16.6 Å². The third kappa shape index (κ3) is 4.87. The molecule has 1 aromatic carbocycles. The van der Waals surface area contributed by atoms with Crippen molar-refractivity contribution in [1.29, 1.82) is 0 Å². The normalized spacial score (nSPS) is 12.1. The second-order valence-corrected chi connectivity index (χ2v) is 5.86. The van der Waals surface area contributed by atoms with Crippen LogP contribution in [0.5, 0.6) is 0 Å². The molecular formula is C13H20N2O2S. The third-order valence-corrected chi connectivity index (χ3v) is 3.83. The molecule has 0 bridgehead atoms. The van der Waals surface area contributed by atoms with Crippen LogP contribution >= 0.6 is 0 Å². The van der Waals surface area contributed by atoms with E-state index in [-0.39, 0.29) is 11.7 Å². The number of benzene rings is 1. The van der Waals surface area contributed by atoms with E-state index in [0.29, 0.717) is 17.1 Å². The zero-order valence-corrected chi connectivity index (χ0v) is 11.7. The Labute approximate surface area is 110 Å². The molecule has 100 valence electrons. The van der Waals surface area contributed by atoms with E-state index in [9.17, 15) is 9.00 Å². The van der Waals surface area contributed by atoms with Gasteiger partial charge < -0.3 is 11.1 Å². The number of nitrogens with two attached hydrogens (primary N) is 1. The Bertz CT molecular complexity index is 447. The molecule has 0 aliphatic rings. The second kappa shape index (κ2) is 7.16. The molecule has 18 heavy (non-hydrogen) atoms. The molecule has 1 unspecified atom stereocenters. The highest BCUT2D eigenvalue weighted by atomic mass is 32.2. The van der Waals surface area contributed by atoms with E-state index in [1.807, 2.05) is 19.9 Å². The summed E-state index contributed by atoms with van der Waals surface area (Å²) in [6.45, 7) is 3.96. The Kier molecular flexibility index (Phi) is 5.85. The molecule has 0 saturated carbocycles. The molecule has 4 nitrogen and oxygen atoms in total. The molecule has 1 rings (SSSR count). The second-order valence-electron chi connectivity index (χ2n) is 4.28. The summed E-state index contributed by atoms with van der Waals surface area (Å²) in [5.41, 5.74) is 7.94. The van der Waals surface area contributed by atoms with Gasteiger partial charge >= 0.3 is 0 Å². The molecule has 0 aliphatic carbocycles. The number of hydrogen-bond acceptors (Lipinski definition) is 3. The van der Waals surface area contributed by atoms with Crippen molar-refractivity contribution in [2.45, 2.75) is 26.7 Å². The fraction of sp³-hybridized carbons (Fsp3) is 0.462. The fourth-order valence-electron chi connectivity index (χ4n) is 1.51. The zero-order valence-electron chi connectivity index (χ0n) is 10.9. The first-order valence-corrected chi connectivity index (χ1v) is 7.52. The minimum Gasteiger partial charge on any atom is -0.397 e. The van der Waals surface area contributed by atoms with Crippen LogP contribution in [0.3, 0.4) is 0 Å². The minimum atomic E-state index is -1.09. The first-order chi connectivity index (χ1) is 8.52. The van der Waals surface area contributed by atoms with Crippen molar-refractivity contribution >= 4 is 28.1 Å². The third-order valence-electron chi connectivity index (χ3n) is 2.50. The molecule has 0 radical (unpaired) electrons. The number of amides is 1. The monoisotopic (exact) mass is 268 g/mol. The minimum absolute atomic E-state index is 0.0350. The number of carbonyl (C=O) groups is 1.